The van der Waals surface area contributed by atoms with Crippen molar-refractivity contribution in [1.29, 1.82) is 0 Å². The fraction of sp³-hybridized carbons (Fsp3) is 0.750. The topological polar surface area (TPSA) is 102 Å². The summed E-state index contributed by atoms with van der Waals surface area (Å²) in [6.45, 7) is 2.10. The summed E-state index contributed by atoms with van der Waals surface area (Å²) in [6.07, 6.45) is 1.16. The molecule has 0 aromatic carbocycles. The number of rotatable bonds is 9. The molecule has 0 aliphatic carbocycles. The van der Waals surface area contributed by atoms with Crippen LogP contribution < -0.4 is 34.7 Å². The maximum atomic E-state index is 10.9. The average Bonchev–Trinajstić information content (AvgIpc) is 2.35. The zero-order chi connectivity index (χ0) is 15.1. The van der Waals surface area contributed by atoms with Gasteiger partial charge in [-0.05, 0) is 6.42 Å². The van der Waals surface area contributed by atoms with E-state index in [-0.39, 0.29) is 67.4 Å². The molecule has 0 atom stereocenters. The number of carboxylic acid groups (broad SMARTS) is 1. The molecule has 112 valence electrons. The largest absolute Gasteiger partial charge is 1.00 e. The van der Waals surface area contributed by atoms with Crippen molar-refractivity contribution < 1.29 is 63.3 Å². The van der Waals surface area contributed by atoms with Gasteiger partial charge in [0.15, 0.2) is 5.78 Å². The number of methoxy groups -OCH3 is 2. The molecule has 0 radical (unpaired) electrons. The first-order chi connectivity index (χ1) is 8.97. The summed E-state index contributed by atoms with van der Waals surface area (Å²) in [4.78, 5) is 31.1. The summed E-state index contributed by atoms with van der Waals surface area (Å²) in [5.74, 6) is -1.57. The standard InChI is InChI=1S/C9H16O4.C3H6O3.Na/c1-3-6-13-9(11)5-4-8(10)7-12-2;1-6-2-3(4)5;/h3-7H2,1-2H3;2H2,1H3,(H,4,5);/q;;+1/p-1. The summed E-state index contributed by atoms with van der Waals surface area (Å²) < 4.78 is 13.5. The number of Topliss-reactive ketones (excluding diaryl/α,β-unsaturated/α-hetero) is 1. The Hall–Kier alpha value is -0.470. The summed E-state index contributed by atoms with van der Waals surface area (Å²) in [5, 5.41) is 9.36. The fourth-order valence-corrected chi connectivity index (χ4v) is 0.881. The number of carbonyl (C=O) groups is 3. The van der Waals surface area contributed by atoms with Crippen molar-refractivity contribution in [2.75, 3.05) is 34.0 Å². The van der Waals surface area contributed by atoms with E-state index in [0.29, 0.717) is 6.61 Å². The van der Waals surface area contributed by atoms with Crippen molar-refractivity contribution in [1.82, 2.24) is 0 Å². The van der Waals surface area contributed by atoms with Crippen molar-refractivity contribution in [2.45, 2.75) is 26.2 Å². The summed E-state index contributed by atoms with van der Waals surface area (Å²) in [5.41, 5.74) is 0. The van der Waals surface area contributed by atoms with E-state index in [4.69, 9.17) is 4.74 Å². The van der Waals surface area contributed by atoms with Gasteiger partial charge < -0.3 is 24.1 Å². The second kappa shape index (κ2) is 18.5. The summed E-state index contributed by atoms with van der Waals surface area (Å²) >= 11 is 0. The molecule has 0 aliphatic heterocycles. The van der Waals surface area contributed by atoms with Crippen LogP contribution in [-0.2, 0) is 28.6 Å². The van der Waals surface area contributed by atoms with Crippen LogP contribution in [-0.4, -0.2) is 51.8 Å². The summed E-state index contributed by atoms with van der Waals surface area (Å²) in [6, 6.07) is 0. The Labute approximate surface area is 141 Å². The molecule has 0 saturated carbocycles. The molecule has 0 N–H and O–H groups in total. The van der Waals surface area contributed by atoms with Crippen LogP contribution >= 0.6 is 0 Å². The second-order valence-corrected chi connectivity index (χ2v) is 3.50. The fourth-order valence-electron chi connectivity index (χ4n) is 0.881. The van der Waals surface area contributed by atoms with Crippen molar-refractivity contribution in [3.8, 4) is 0 Å². The van der Waals surface area contributed by atoms with Gasteiger partial charge in [0.2, 0.25) is 0 Å². The molecule has 7 nitrogen and oxygen atoms in total. The van der Waals surface area contributed by atoms with Crippen molar-refractivity contribution in [3.05, 3.63) is 0 Å². The van der Waals surface area contributed by atoms with Gasteiger partial charge in [-0.2, -0.15) is 0 Å². The molecule has 8 heteroatoms. The first kappa shape index (κ1) is 24.5. The molecule has 0 heterocycles. The summed E-state index contributed by atoms with van der Waals surface area (Å²) in [7, 11) is 2.75. The van der Waals surface area contributed by atoms with E-state index in [9.17, 15) is 19.5 Å². The zero-order valence-corrected chi connectivity index (χ0v) is 14.6. The number of carboxylic acids is 1. The normalized spacial score (nSPS) is 8.75. The van der Waals surface area contributed by atoms with Gasteiger partial charge in [-0.3, -0.25) is 9.59 Å². The molecule has 0 amide bonds. The van der Waals surface area contributed by atoms with Gasteiger partial charge in [0.05, 0.1) is 25.6 Å². The van der Waals surface area contributed by atoms with Crippen LogP contribution in [0.3, 0.4) is 0 Å². The van der Waals surface area contributed by atoms with Crippen LogP contribution in [0.1, 0.15) is 26.2 Å². The second-order valence-electron chi connectivity index (χ2n) is 3.50. The molecule has 0 fully saturated rings. The smallest absolute Gasteiger partial charge is 0.548 e. The number of esters is 1. The predicted molar refractivity (Wildman–Crippen MR) is 64.3 cm³/mol. The third-order valence-electron chi connectivity index (χ3n) is 1.64. The minimum absolute atomic E-state index is 0. The van der Waals surface area contributed by atoms with Gasteiger partial charge in [0.25, 0.3) is 0 Å². The van der Waals surface area contributed by atoms with Gasteiger partial charge in [-0.15, -0.1) is 0 Å². The van der Waals surface area contributed by atoms with E-state index in [1.54, 1.807) is 0 Å². The number of aliphatic carboxylic acids is 1. The molecule has 0 saturated heterocycles. The molecule has 0 spiro atoms. The third-order valence-corrected chi connectivity index (χ3v) is 1.64. The first-order valence-corrected chi connectivity index (χ1v) is 5.82. The van der Waals surface area contributed by atoms with Crippen molar-refractivity contribution in [3.63, 3.8) is 0 Å². The molecular weight excluding hydrogens is 279 g/mol. The van der Waals surface area contributed by atoms with Crippen LogP contribution in [0.25, 0.3) is 0 Å². The molecule has 0 bridgehead atoms. The van der Waals surface area contributed by atoms with E-state index in [2.05, 4.69) is 9.47 Å². The van der Waals surface area contributed by atoms with Crippen LogP contribution in [0.5, 0.6) is 0 Å². The van der Waals surface area contributed by atoms with Crippen LogP contribution in [0.15, 0.2) is 0 Å². The Kier molecular flexibility index (Phi) is 22.7. The van der Waals surface area contributed by atoms with Crippen LogP contribution in [0.2, 0.25) is 0 Å². The molecule has 20 heavy (non-hydrogen) atoms. The Morgan fingerprint density at radius 1 is 1.00 bits per heavy atom. The van der Waals surface area contributed by atoms with E-state index in [1.165, 1.54) is 14.2 Å². The SMILES string of the molecule is CCCOC(=O)CCC(=O)COC.COCC(=O)[O-].[Na+]. The number of hydrogen-bond donors (Lipinski definition) is 0. The van der Waals surface area contributed by atoms with Gasteiger partial charge in [-0.1, -0.05) is 6.92 Å². The number of carbonyl (C=O) groups excluding carboxylic acids is 3. The van der Waals surface area contributed by atoms with Crippen LogP contribution in [0, 0.1) is 0 Å². The monoisotopic (exact) mass is 300 g/mol. The minimum atomic E-state index is -1.18. The molecular formula is C12H21NaO7. The Balaban J connectivity index is -0.000000352. The molecule has 0 unspecified atom stereocenters. The number of hydrogen-bond acceptors (Lipinski definition) is 7. The third kappa shape index (κ3) is 22.7. The van der Waals surface area contributed by atoms with E-state index >= 15 is 0 Å². The quantitative estimate of drug-likeness (QED) is 0.319. The zero-order valence-electron chi connectivity index (χ0n) is 12.6. The number of ketones is 1. The van der Waals surface area contributed by atoms with Crippen molar-refractivity contribution >= 4 is 17.7 Å². The van der Waals surface area contributed by atoms with Gasteiger partial charge >= 0.3 is 35.5 Å². The van der Waals surface area contributed by atoms with Gasteiger partial charge in [0, 0.05) is 20.6 Å². The molecule has 0 aromatic rings. The molecule has 0 aromatic heterocycles. The Morgan fingerprint density at radius 3 is 1.90 bits per heavy atom. The first-order valence-electron chi connectivity index (χ1n) is 5.82. The predicted octanol–water partition coefficient (Wildman–Crippen LogP) is -3.68. The van der Waals surface area contributed by atoms with E-state index < -0.39 is 5.97 Å². The molecule has 0 aliphatic rings. The van der Waals surface area contributed by atoms with E-state index in [0.717, 1.165) is 6.42 Å². The van der Waals surface area contributed by atoms with Crippen molar-refractivity contribution in [2.24, 2.45) is 0 Å². The average molecular weight is 300 g/mol. The Morgan fingerprint density at radius 2 is 1.55 bits per heavy atom. The van der Waals surface area contributed by atoms with Crippen LogP contribution in [0.4, 0.5) is 0 Å². The Bertz CT molecular complexity index is 269. The molecule has 0 rings (SSSR count). The maximum absolute atomic E-state index is 10.9. The van der Waals surface area contributed by atoms with Gasteiger partial charge in [-0.25, -0.2) is 0 Å². The number of ether oxygens (including phenoxy) is 3. The van der Waals surface area contributed by atoms with Gasteiger partial charge in [0.1, 0.15) is 6.61 Å². The maximum Gasteiger partial charge on any atom is 1.00 e. The van der Waals surface area contributed by atoms with E-state index in [1.807, 2.05) is 6.92 Å². The minimum Gasteiger partial charge on any atom is -0.548 e.